The summed E-state index contributed by atoms with van der Waals surface area (Å²) in [6.07, 6.45) is 13.3. The Hall–Kier alpha value is -2.82. The van der Waals surface area contributed by atoms with Crippen molar-refractivity contribution in [1.29, 1.82) is 0 Å². The highest BCUT2D eigenvalue weighted by atomic mass is 16.5. The Labute approximate surface area is 159 Å². The third kappa shape index (κ3) is 3.54. The van der Waals surface area contributed by atoms with E-state index in [1.807, 2.05) is 35.9 Å². The number of nitrogens with two attached hydrogens (primary N) is 1. The summed E-state index contributed by atoms with van der Waals surface area (Å²) in [5.74, 6) is 2.66. The topological polar surface area (TPSA) is 70.1 Å². The summed E-state index contributed by atoms with van der Waals surface area (Å²) >= 11 is 0. The SMILES string of the molecule is Cn1c(N)nc2c(OC3=CC4=C(CC=C3)CC(CCC=O)CC4)cccc21. The van der Waals surface area contributed by atoms with Crippen LogP contribution in [0, 0.1) is 5.92 Å². The van der Waals surface area contributed by atoms with Crippen LogP contribution in [-0.2, 0) is 11.8 Å². The number of hydrogen-bond donors (Lipinski definition) is 1. The Morgan fingerprint density at radius 3 is 3.15 bits per heavy atom. The predicted molar refractivity (Wildman–Crippen MR) is 107 cm³/mol. The van der Waals surface area contributed by atoms with E-state index in [-0.39, 0.29) is 0 Å². The molecule has 2 N–H and O–H groups in total. The summed E-state index contributed by atoms with van der Waals surface area (Å²) in [5.41, 5.74) is 10.5. The average Bonchev–Trinajstić information content (AvgIpc) is 2.85. The fourth-order valence-electron chi connectivity index (χ4n) is 4.07. The van der Waals surface area contributed by atoms with E-state index >= 15 is 0 Å². The Morgan fingerprint density at radius 2 is 2.30 bits per heavy atom. The molecule has 2 aliphatic carbocycles. The van der Waals surface area contributed by atoms with Crippen LogP contribution < -0.4 is 10.5 Å². The van der Waals surface area contributed by atoms with Gasteiger partial charge >= 0.3 is 0 Å². The Bertz CT molecular complexity index is 965. The number of hydrogen-bond acceptors (Lipinski definition) is 4. The average molecular weight is 363 g/mol. The van der Waals surface area contributed by atoms with Crippen LogP contribution in [0.3, 0.4) is 0 Å². The molecule has 27 heavy (non-hydrogen) atoms. The summed E-state index contributed by atoms with van der Waals surface area (Å²) in [7, 11) is 1.90. The molecule has 1 atom stereocenters. The number of aldehydes is 1. The van der Waals surface area contributed by atoms with E-state index in [2.05, 4.69) is 17.1 Å². The summed E-state index contributed by atoms with van der Waals surface area (Å²) in [6.45, 7) is 0. The molecule has 0 saturated carbocycles. The van der Waals surface area contributed by atoms with Gasteiger partial charge in [0.1, 0.15) is 17.6 Å². The quantitative estimate of drug-likeness (QED) is 0.797. The Morgan fingerprint density at radius 1 is 1.41 bits per heavy atom. The van der Waals surface area contributed by atoms with Gasteiger partial charge in [-0.1, -0.05) is 17.7 Å². The lowest BCUT2D eigenvalue weighted by Crippen LogP contribution is -2.10. The standard InChI is InChI=1S/C22H25N3O2/c1-25-19-8-3-9-20(21(19)24-22(25)23)27-18-7-2-6-16-13-15(5-4-12-26)10-11-17(16)14-18/h2-3,7-9,12,14-15H,4-6,10-11,13H2,1H3,(H2,23,24). The number of rotatable bonds is 5. The first kappa shape index (κ1) is 17.6. The van der Waals surface area contributed by atoms with Gasteiger partial charge in [0.25, 0.3) is 0 Å². The van der Waals surface area contributed by atoms with Gasteiger partial charge in [0.05, 0.1) is 5.52 Å². The van der Waals surface area contributed by atoms with Crippen molar-refractivity contribution in [2.75, 3.05) is 5.73 Å². The zero-order chi connectivity index (χ0) is 18.8. The van der Waals surface area contributed by atoms with Crippen molar-refractivity contribution in [1.82, 2.24) is 9.55 Å². The largest absolute Gasteiger partial charge is 0.455 e. The van der Waals surface area contributed by atoms with Gasteiger partial charge in [0.15, 0.2) is 5.75 Å². The van der Waals surface area contributed by atoms with Crippen LogP contribution in [0.2, 0.25) is 0 Å². The molecular formula is C22H25N3O2. The number of aryl methyl sites for hydroxylation is 1. The smallest absolute Gasteiger partial charge is 0.201 e. The molecule has 0 bridgehead atoms. The number of benzene rings is 1. The van der Waals surface area contributed by atoms with Gasteiger partial charge in [0, 0.05) is 13.5 Å². The molecular weight excluding hydrogens is 338 g/mol. The number of aromatic nitrogens is 2. The molecule has 1 aromatic carbocycles. The van der Waals surface area contributed by atoms with Gasteiger partial charge in [-0.3, -0.25) is 0 Å². The van der Waals surface area contributed by atoms with Crippen molar-refractivity contribution in [2.24, 2.45) is 13.0 Å². The molecule has 0 aliphatic heterocycles. The summed E-state index contributed by atoms with van der Waals surface area (Å²) in [5, 5.41) is 0. The summed E-state index contributed by atoms with van der Waals surface area (Å²) in [6, 6.07) is 5.88. The van der Waals surface area contributed by atoms with Crippen LogP contribution in [0.5, 0.6) is 5.75 Å². The number of para-hydroxylation sites is 1. The zero-order valence-electron chi connectivity index (χ0n) is 15.6. The molecule has 0 amide bonds. The number of carbonyl (C=O) groups is 1. The first-order chi connectivity index (χ1) is 13.2. The highest BCUT2D eigenvalue weighted by Crippen LogP contribution is 2.37. The summed E-state index contributed by atoms with van der Waals surface area (Å²) in [4.78, 5) is 15.1. The number of ether oxygens (including phenoxy) is 1. The van der Waals surface area contributed by atoms with E-state index in [1.54, 1.807) is 0 Å². The van der Waals surface area contributed by atoms with Gasteiger partial charge in [-0.25, -0.2) is 4.98 Å². The second kappa shape index (κ2) is 7.43. The molecule has 5 heteroatoms. The van der Waals surface area contributed by atoms with E-state index in [0.29, 0.717) is 18.3 Å². The van der Waals surface area contributed by atoms with Gasteiger partial charge < -0.3 is 19.8 Å². The van der Waals surface area contributed by atoms with Crippen LogP contribution >= 0.6 is 0 Å². The fraction of sp³-hybridized carbons (Fsp3) is 0.364. The number of nitrogen functional groups attached to an aromatic ring is 1. The van der Waals surface area contributed by atoms with E-state index in [9.17, 15) is 4.79 Å². The van der Waals surface area contributed by atoms with Crippen LogP contribution in [0.4, 0.5) is 5.95 Å². The molecule has 0 spiro atoms. The van der Waals surface area contributed by atoms with Crippen LogP contribution in [-0.4, -0.2) is 15.8 Å². The van der Waals surface area contributed by atoms with Crippen molar-refractivity contribution >= 4 is 23.3 Å². The first-order valence-electron chi connectivity index (χ1n) is 9.57. The third-order valence-corrected chi connectivity index (χ3v) is 5.60. The Balaban J connectivity index is 1.59. The first-order valence-corrected chi connectivity index (χ1v) is 9.57. The molecule has 1 unspecified atom stereocenters. The molecule has 0 saturated heterocycles. The number of allylic oxidation sites excluding steroid dienone is 5. The number of fused-ring (bicyclic) bond motifs is 1. The second-order valence-electron chi connectivity index (χ2n) is 7.39. The lowest BCUT2D eigenvalue weighted by molar-refractivity contribution is -0.108. The van der Waals surface area contributed by atoms with Crippen molar-refractivity contribution in [2.45, 2.75) is 38.5 Å². The van der Waals surface area contributed by atoms with Gasteiger partial charge in [-0.2, -0.15) is 0 Å². The van der Waals surface area contributed by atoms with Crippen LogP contribution in [0.25, 0.3) is 11.0 Å². The minimum atomic E-state index is 0.477. The van der Waals surface area contributed by atoms with Crippen molar-refractivity contribution in [3.05, 3.63) is 53.3 Å². The minimum absolute atomic E-state index is 0.477. The Kier molecular flexibility index (Phi) is 4.84. The molecule has 4 rings (SSSR count). The van der Waals surface area contributed by atoms with Crippen LogP contribution in [0.1, 0.15) is 38.5 Å². The highest BCUT2D eigenvalue weighted by Gasteiger charge is 2.21. The highest BCUT2D eigenvalue weighted by molar-refractivity contribution is 5.84. The molecule has 140 valence electrons. The van der Waals surface area contributed by atoms with Crippen molar-refractivity contribution < 1.29 is 9.53 Å². The molecule has 1 aromatic heterocycles. The predicted octanol–water partition coefficient (Wildman–Crippen LogP) is 4.45. The van der Waals surface area contributed by atoms with E-state index in [1.165, 1.54) is 11.1 Å². The number of nitrogens with zero attached hydrogens (tertiary/aromatic N) is 2. The summed E-state index contributed by atoms with van der Waals surface area (Å²) < 4.78 is 8.08. The molecule has 0 radical (unpaired) electrons. The third-order valence-electron chi connectivity index (χ3n) is 5.60. The molecule has 2 aromatic rings. The monoisotopic (exact) mass is 363 g/mol. The van der Waals surface area contributed by atoms with E-state index < -0.39 is 0 Å². The van der Waals surface area contributed by atoms with Crippen LogP contribution in [0.15, 0.2) is 53.3 Å². The van der Waals surface area contributed by atoms with Crippen molar-refractivity contribution in [3.63, 3.8) is 0 Å². The van der Waals surface area contributed by atoms with Crippen molar-refractivity contribution in [3.8, 4) is 5.75 Å². The maximum Gasteiger partial charge on any atom is 0.201 e. The molecule has 0 fully saturated rings. The lowest BCUT2D eigenvalue weighted by atomic mass is 9.81. The van der Waals surface area contributed by atoms with E-state index in [0.717, 1.165) is 60.9 Å². The van der Waals surface area contributed by atoms with Gasteiger partial charge in [0.2, 0.25) is 5.95 Å². The molecule has 5 nitrogen and oxygen atoms in total. The second-order valence-corrected chi connectivity index (χ2v) is 7.39. The van der Waals surface area contributed by atoms with Gasteiger partial charge in [-0.15, -0.1) is 0 Å². The fourth-order valence-corrected chi connectivity index (χ4v) is 4.07. The lowest BCUT2D eigenvalue weighted by Gasteiger charge is -2.25. The number of carbonyl (C=O) groups excluding carboxylic acids is 1. The van der Waals surface area contributed by atoms with Gasteiger partial charge in [-0.05, 0) is 67.9 Å². The number of imidazole rings is 1. The minimum Gasteiger partial charge on any atom is -0.455 e. The molecule has 2 aliphatic rings. The van der Waals surface area contributed by atoms with E-state index in [4.69, 9.17) is 10.5 Å². The number of anilines is 1. The maximum atomic E-state index is 10.7. The zero-order valence-corrected chi connectivity index (χ0v) is 15.6. The maximum absolute atomic E-state index is 10.7. The molecule has 1 heterocycles. The normalized spacial score (nSPS) is 19.6.